The average Bonchev–Trinajstić information content (AvgIpc) is 3.15. The first-order valence-electron chi connectivity index (χ1n) is 21.1. The fourth-order valence-electron chi connectivity index (χ4n) is 5.51. The van der Waals surface area contributed by atoms with Crippen LogP contribution in [0, 0.1) is 0 Å². The van der Waals surface area contributed by atoms with E-state index in [1.807, 2.05) is 12.2 Å². The quantitative estimate of drug-likeness (QED) is 0.0393. The van der Waals surface area contributed by atoms with Crippen LogP contribution in [0.25, 0.3) is 0 Å². The highest BCUT2D eigenvalue weighted by molar-refractivity contribution is 5.70. The van der Waals surface area contributed by atoms with E-state index in [1.54, 1.807) is 0 Å². The van der Waals surface area contributed by atoms with Gasteiger partial charge in [-0.1, -0.05) is 176 Å². The third kappa shape index (κ3) is 39.9. The molecular formula is C47H78O5. The van der Waals surface area contributed by atoms with E-state index >= 15 is 0 Å². The molecule has 0 aromatic heterocycles. The second-order valence-electron chi connectivity index (χ2n) is 13.7. The molecule has 1 atom stereocenters. The summed E-state index contributed by atoms with van der Waals surface area (Å²) in [6.07, 6.45) is 58.0. The Morgan fingerprint density at radius 3 is 1.33 bits per heavy atom. The smallest absolute Gasteiger partial charge is 0.306 e. The molecule has 0 rings (SSSR count). The number of esters is 2. The normalized spacial score (nSPS) is 13.1. The minimum Gasteiger partial charge on any atom is -0.462 e. The lowest BCUT2D eigenvalue weighted by atomic mass is 10.1. The van der Waals surface area contributed by atoms with Crippen LogP contribution < -0.4 is 0 Å². The first-order valence-corrected chi connectivity index (χ1v) is 21.1. The van der Waals surface area contributed by atoms with E-state index in [0.717, 1.165) is 57.8 Å². The lowest BCUT2D eigenvalue weighted by Crippen LogP contribution is -2.28. The highest BCUT2D eigenvalue weighted by Crippen LogP contribution is 2.13. The highest BCUT2D eigenvalue weighted by Gasteiger charge is 2.15. The maximum atomic E-state index is 12.2. The number of aliphatic hydroxyl groups excluding tert-OH is 1. The standard InChI is InChI=1S/C47H78O5/c1-3-5-7-9-11-13-15-17-19-21-23-25-27-29-31-33-35-37-39-41-46(49)51-44-45(43-48)52-47(50)42-40-38-36-34-32-30-28-26-24-22-20-18-16-14-12-10-8-6-4-2/h6,8,12,14,17-20,24,26,30,32,36,38,45,48H,3-5,7,9-11,13,15-16,21-23,25,27-29,31,33-35,37,39-44H2,1-2H3/t45-/m0/s1. The summed E-state index contributed by atoms with van der Waals surface area (Å²) in [5, 5.41) is 9.56. The summed E-state index contributed by atoms with van der Waals surface area (Å²) in [4.78, 5) is 24.3. The number of aliphatic hydroxyl groups is 1. The topological polar surface area (TPSA) is 72.8 Å². The minimum atomic E-state index is -0.817. The predicted octanol–water partition coefficient (Wildman–Crippen LogP) is 13.5. The number of rotatable bonds is 37. The van der Waals surface area contributed by atoms with Gasteiger partial charge < -0.3 is 14.6 Å². The van der Waals surface area contributed by atoms with E-state index in [-0.39, 0.29) is 25.6 Å². The van der Waals surface area contributed by atoms with Gasteiger partial charge in [0, 0.05) is 12.8 Å². The van der Waals surface area contributed by atoms with Gasteiger partial charge in [-0.15, -0.1) is 0 Å². The molecule has 0 aromatic rings. The molecule has 0 aliphatic heterocycles. The van der Waals surface area contributed by atoms with Gasteiger partial charge in [-0.05, 0) is 77.0 Å². The molecule has 0 aliphatic carbocycles. The number of unbranched alkanes of at least 4 members (excludes halogenated alkanes) is 15. The summed E-state index contributed by atoms with van der Waals surface area (Å²) in [7, 11) is 0. The molecule has 5 nitrogen and oxygen atoms in total. The number of carbonyl (C=O) groups is 2. The average molecular weight is 723 g/mol. The molecule has 5 heteroatoms. The summed E-state index contributed by atoms with van der Waals surface area (Å²) in [5.41, 5.74) is 0. The zero-order chi connectivity index (χ0) is 37.8. The molecule has 0 fully saturated rings. The van der Waals surface area contributed by atoms with Crippen LogP contribution in [0.4, 0.5) is 0 Å². The predicted molar refractivity (Wildman–Crippen MR) is 223 cm³/mol. The zero-order valence-corrected chi connectivity index (χ0v) is 33.5. The van der Waals surface area contributed by atoms with Gasteiger partial charge in [-0.25, -0.2) is 0 Å². The molecule has 296 valence electrons. The van der Waals surface area contributed by atoms with Crippen molar-refractivity contribution in [3.63, 3.8) is 0 Å². The molecule has 0 amide bonds. The number of allylic oxidation sites excluding steroid dienone is 14. The Balaban J connectivity index is 3.68. The zero-order valence-electron chi connectivity index (χ0n) is 33.5. The number of ether oxygens (including phenoxy) is 2. The lowest BCUT2D eigenvalue weighted by molar-refractivity contribution is -0.161. The van der Waals surface area contributed by atoms with E-state index in [0.29, 0.717) is 12.8 Å². The molecule has 1 N–H and O–H groups in total. The minimum absolute atomic E-state index is 0.101. The molecule has 0 unspecified atom stereocenters. The maximum Gasteiger partial charge on any atom is 0.306 e. The lowest BCUT2D eigenvalue weighted by Gasteiger charge is -2.15. The van der Waals surface area contributed by atoms with Crippen molar-refractivity contribution in [1.29, 1.82) is 0 Å². The molecule has 0 radical (unpaired) electrons. The van der Waals surface area contributed by atoms with Crippen molar-refractivity contribution >= 4 is 11.9 Å². The fraction of sp³-hybridized carbons (Fsp3) is 0.660. The van der Waals surface area contributed by atoms with Crippen molar-refractivity contribution in [2.75, 3.05) is 13.2 Å². The van der Waals surface area contributed by atoms with E-state index in [9.17, 15) is 14.7 Å². The Hall–Kier alpha value is -2.92. The van der Waals surface area contributed by atoms with Crippen LogP contribution in [0.3, 0.4) is 0 Å². The Morgan fingerprint density at radius 1 is 0.462 bits per heavy atom. The number of hydrogen-bond acceptors (Lipinski definition) is 5. The van der Waals surface area contributed by atoms with Gasteiger partial charge >= 0.3 is 11.9 Å². The van der Waals surface area contributed by atoms with Crippen LogP contribution in [-0.2, 0) is 19.1 Å². The van der Waals surface area contributed by atoms with E-state index in [4.69, 9.17) is 9.47 Å². The molecule has 0 aromatic carbocycles. The van der Waals surface area contributed by atoms with Gasteiger partial charge in [-0.2, -0.15) is 0 Å². The van der Waals surface area contributed by atoms with Crippen LogP contribution in [0.15, 0.2) is 85.1 Å². The third-order valence-corrected chi connectivity index (χ3v) is 8.69. The molecule has 0 aliphatic rings. The summed E-state index contributed by atoms with van der Waals surface area (Å²) in [6, 6.07) is 0. The Bertz CT molecular complexity index is 999. The molecule has 0 spiro atoms. The summed E-state index contributed by atoms with van der Waals surface area (Å²) in [6.45, 7) is 3.95. The van der Waals surface area contributed by atoms with Gasteiger partial charge in [0.2, 0.25) is 0 Å². The second-order valence-corrected chi connectivity index (χ2v) is 13.7. The molecule has 0 heterocycles. The van der Waals surface area contributed by atoms with Gasteiger partial charge in [0.1, 0.15) is 6.61 Å². The Labute approximate surface area is 320 Å². The fourth-order valence-corrected chi connectivity index (χ4v) is 5.51. The molecule has 0 bridgehead atoms. The van der Waals surface area contributed by atoms with E-state index in [2.05, 4.69) is 86.8 Å². The van der Waals surface area contributed by atoms with Gasteiger partial charge in [0.15, 0.2) is 6.10 Å². The Kier molecular flexibility index (Phi) is 40.1. The monoisotopic (exact) mass is 723 g/mol. The van der Waals surface area contributed by atoms with Crippen molar-refractivity contribution < 1.29 is 24.2 Å². The van der Waals surface area contributed by atoms with Crippen LogP contribution in [0.5, 0.6) is 0 Å². The number of carbonyl (C=O) groups excluding carboxylic acids is 2. The van der Waals surface area contributed by atoms with Crippen LogP contribution in [-0.4, -0.2) is 36.4 Å². The van der Waals surface area contributed by atoms with Crippen LogP contribution >= 0.6 is 0 Å². The van der Waals surface area contributed by atoms with E-state index in [1.165, 1.54) is 89.9 Å². The first kappa shape index (κ1) is 49.1. The molecular weight excluding hydrogens is 645 g/mol. The summed E-state index contributed by atoms with van der Waals surface area (Å²) in [5.74, 6) is -0.696. The second kappa shape index (κ2) is 42.5. The highest BCUT2D eigenvalue weighted by atomic mass is 16.6. The van der Waals surface area contributed by atoms with Crippen molar-refractivity contribution in [3.05, 3.63) is 85.1 Å². The molecule has 52 heavy (non-hydrogen) atoms. The first-order chi connectivity index (χ1) is 25.6. The number of hydrogen-bond donors (Lipinski definition) is 1. The van der Waals surface area contributed by atoms with Crippen molar-refractivity contribution in [2.24, 2.45) is 0 Å². The van der Waals surface area contributed by atoms with Gasteiger partial charge in [0.05, 0.1) is 6.61 Å². The SMILES string of the molecule is CCC=CCC=CCC=CCC=CCC=CCC=CCCC(=O)O[C@@H](CO)COC(=O)CCCCCCCCCCCC=CCCCCCCCC. The maximum absolute atomic E-state index is 12.2. The largest absolute Gasteiger partial charge is 0.462 e. The van der Waals surface area contributed by atoms with Crippen LogP contribution in [0.1, 0.15) is 181 Å². The van der Waals surface area contributed by atoms with Gasteiger partial charge in [0.25, 0.3) is 0 Å². The van der Waals surface area contributed by atoms with Gasteiger partial charge in [-0.3, -0.25) is 9.59 Å². The summed E-state index contributed by atoms with van der Waals surface area (Å²) < 4.78 is 10.6. The Morgan fingerprint density at radius 2 is 0.865 bits per heavy atom. The van der Waals surface area contributed by atoms with Crippen molar-refractivity contribution in [1.82, 2.24) is 0 Å². The third-order valence-electron chi connectivity index (χ3n) is 8.69. The van der Waals surface area contributed by atoms with Crippen LogP contribution in [0.2, 0.25) is 0 Å². The molecule has 0 saturated carbocycles. The van der Waals surface area contributed by atoms with Crippen molar-refractivity contribution in [2.45, 2.75) is 187 Å². The summed E-state index contributed by atoms with van der Waals surface area (Å²) >= 11 is 0. The van der Waals surface area contributed by atoms with E-state index < -0.39 is 12.1 Å². The van der Waals surface area contributed by atoms with Crippen molar-refractivity contribution in [3.8, 4) is 0 Å². The molecule has 0 saturated heterocycles.